The third-order valence-electron chi connectivity index (χ3n) is 1.35. The molecule has 52 valence electrons. The van der Waals surface area contributed by atoms with Crippen molar-refractivity contribution in [3.8, 4) is 0 Å². The molecular weight excluding hydrogens is 124 g/mol. The molecule has 0 aromatic heterocycles. The van der Waals surface area contributed by atoms with Crippen molar-refractivity contribution in [1.29, 1.82) is 0 Å². The Morgan fingerprint density at radius 2 is 2.11 bits per heavy atom. The Morgan fingerprint density at radius 1 is 1.56 bits per heavy atom. The van der Waals surface area contributed by atoms with Crippen molar-refractivity contribution in [2.24, 2.45) is 0 Å². The standard InChI is InChI=1S/C5H8O4/c1-2-3(6)4(7)5(8)9-2/h2-4,6-7H,1H3/t2-,3?,4?/m1/s1. The van der Waals surface area contributed by atoms with Gasteiger partial charge in [-0.1, -0.05) is 0 Å². The summed E-state index contributed by atoms with van der Waals surface area (Å²) in [6, 6.07) is 0. The van der Waals surface area contributed by atoms with Gasteiger partial charge >= 0.3 is 5.97 Å². The van der Waals surface area contributed by atoms with Gasteiger partial charge in [0.15, 0.2) is 6.10 Å². The third-order valence-corrected chi connectivity index (χ3v) is 1.35. The molecule has 0 radical (unpaired) electrons. The fraction of sp³-hybridized carbons (Fsp3) is 0.800. The molecule has 4 heteroatoms. The number of esters is 1. The van der Waals surface area contributed by atoms with Gasteiger partial charge in [-0.2, -0.15) is 0 Å². The van der Waals surface area contributed by atoms with Crippen molar-refractivity contribution in [2.75, 3.05) is 0 Å². The highest BCUT2D eigenvalue weighted by Gasteiger charge is 2.39. The summed E-state index contributed by atoms with van der Waals surface area (Å²) in [4.78, 5) is 10.4. The lowest BCUT2D eigenvalue weighted by molar-refractivity contribution is -0.146. The van der Waals surface area contributed by atoms with Gasteiger partial charge in [-0.3, -0.25) is 0 Å². The molecule has 1 heterocycles. The van der Waals surface area contributed by atoms with E-state index in [0.29, 0.717) is 0 Å². The second-order valence-electron chi connectivity index (χ2n) is 2.08. The van der Waals surface area contributed by atoms with Crippen LogP contribution < -0.4 is 0 Å². The lowest BCUT2D eigenvalue weighted by Gasteiger charge is -2.04. The van der Waals surface area contributed by atoms with E-state index in [0.717, 1.165) is 0 Å². The van der Waals surface area contributed by atoms with E-state index >= 15 is 0 Å². The number of ether oxygens (including phenoxy) is 1. The van der Waals surface area contributed by atoms with Crippen LogP contribution >= 0.6 is 0 Å². The summed E-state index contributed by atoms with van der Waals surface area (Å²) < 4.78 is 4.45. The number of hydrogen-bond donors (Lipinski definition) is 2. The van der Waals surface area contributed by atoms with Crippen LogP contribution in [0.2, 0.25) is 0 Å². The average molecular weight is 132 g/mol. The number of aliphatic hydroxyl groups is 2. The molecule has 9 heavy (non-hydrogen) atoms. The van der Waals surface area contributed by atoms with Crippen molar-refractivity contribution in [3.63, 3.8) is 0 Å². The van der Waals surface area contributed by atoms with Gasteiger partial charge in [-0.15, -0.1) is 0 Å². The molecule has 4 nitrogen and oxygen atoms in total. The van der Waals surface area contributed by atoms with E-state index in [-0.39, 0.29) is 0 Å². The minimum atomic E-state index is -1.35. The zero-order chi connectivity index (χ0) is 7.02. The fourth-order valence-electron chi connectivity index (χ4n) is 0.719. The maximum Gasteiger partial charge on any atom is 0.338 e. The summed E-state index contributed by atoms with van der Waals surface area (Å²) in [6.45, 7) is 1.53. The van der Waals surface area contributed by atoms with Crippen LogP contribution in [0.1, 0.15) is 6.92 Å². The second-order valence-corrected chi connectivity index (χ2v) is 2.08. The van der Waals surface area contributed by atoms with Crippen LogP contribution in [-0.4, -0.2) is 34.5 Å². The Morgan fingerprint density at radius 3 is 2.22 bits per heavy atom. The topological polar surface area (TPSA) is 66.8 Å². The molecule has 1 rings (SSSR count). The first-order valence-corrected chi connectivity index (χ1v) is 2.69. The van der Waals surface area contributed by atoms with Gasteiger partial charge in [-0.05, 0) is 6.92 Å². The third kappa shape index (κ3) is 0.906. The Balaban J connectivity index is 2.65. The van der Waals surface area contributed by atoms with Crippen LogP contribution in [0.4, 0.5) is 0 Å². The molecule has 3 atom stereocenters. The lowest BCUT2D eigenvalue weighted by Crippen LogP contribution is -2.29. The van der Waals surface area contributed by atoms with Crippen LogP contribution in [0, 0.1) is 0 Å². The van der Waals surface area contributed by atoms with Crippen LogP contribution in [-0.2, 0) is 9.53 Å². The maximum absolute atomic E-state index is 10.4. The number of carbonyl (C=O) groups is 1. The minimum Gasteiger partial charge on any atom is -0.458 e. The first kappa shape index (κ1) is 6.51. The van der Waals surface area contributed by atoms with Crippen molar-refractivity contribution in [3.05, 3.63) is 0 Å². The normalized spacial score (nSPS) is 43.0. The van der Waals surface area contributed by atoms with Crippen molar-refractivity contribution in [1.82, 2.24) is 0 Å². The molecule has 1 aliphatic heterocycles. The van der Waals surface area contributed by atoms with E-state index in [2.05, 4.69) is 4.74 Å². The highest BCUT2D eigenvalue weighted by molar-refractivity contribution is 5.77. The molecule has 1 fully saturated rings. The fourth-order valence-corrected chi connectivity index (χ4v) is 0.719. The zero-order valence-corrected chi connectivity index (χ0v) is 4.94. The number of cyclic esters (lactones) is 1. The van der Waals surface area contributed by atoms with E-state index in [1.807, 2.05) is 0 Å². The maximum atomic E-state index is 10.4. The number of hydrogen-bond acceptors (Lipinski definition) is 4. The summed E-state index contributed by atoms with van der Waals surface area (Å²) in [5.74, 6) is -0.741. The Labute approximate surface area is 52.1 Å². The van der Waals surface area contributed by atoms with Crippen molar-refractivity contribution >= 4 is 5.97 Å². The van der Waals surface area contributed by atoms with E-state index in [1.54, 1.807) is 0 Å². The van der Waals surface area contributed by atoms with Gasteiger partial charge in [0.2, 0.25) is 0 Å². The molecule has 0 aliphatic carbocycles. The molecule has 1 saturated heterocycles. The van der Waals surface area contributed by atoms with Crippen molar-refractivity contribution in [2.45, 2.75) is 25.2 Å². The zero-order valence-electron chi connectivity index (χ0n) is 4.94. The molecule has 0 amide bonds. The van der Waals surface area contributed by atoms with Gasteiger partial charge in [0, 0.05) is 0 Å². The summed E-state index contributed by atoms with van der Waals surface area (Å²) in [6.07, 6.45) is -2.98. The summed E-state index contributed by atoms with van der Waals surface area (Å²) in [5, 5.41) is 17.6. The van der Waals surface area contributed by atoms with Crippen LogP contribution in [0.15, 0.2) is 0 Å². The minimum absolute atomic E-state index is 0.576. The van der Waals surface area contributed by atoms with Crippen molar-refractivity contribution < 1.29 is 19.7 Å². The first-order valence-electron chi connectivity index (χ1n) is 2.69. The Bertz CT molecular complexity index is 133. The van der Waals surface area contributed by atoms with E-state index in [4.69, 9.17) is 10.2 Å². The predicted octanol–water partition coefficient (Wildman–Crippen LogP) is -1.35. The van der Waals surface area contributed by atoms with Gasteiger partial charge < -0.3 is 14.9 Å². The monoisotopic (exact) mass is 132 g/mol. The van der Waals surface area contributed by atoms with Crippen LogP contribution in [0.3, 0.4) is 0 Å². The van der Waals surface area contributed by atoms with Gasteiger partial charge in [0.05, 0.1) is 0 Å². The SMILES string of the molecule is C[C@H]1OC(=O)C(O)C1O. The average Bonchev–Trinajstić information content (AvgIpc) is 1.98. The Kier molecular flexibility index (Phi) is 1.42. The first-order chi connectivity index (χ1) is 4.13. The molecule has 0 saturated carbocycles. The lowest BCUT2D eigenvalue weighted by atomic mass is 10.2. The van der Waals surface area contributed by atoms with E-state index in [1.165, 1.54) is 6.92 Å². The highest BCUT2D eigenvalue weighted by Crippen LogP contribution is 2.14. The predicted molar refractivity (Wildman–Crippen MR) is 27.6 cm³/mol. The summed E-state index contributed by atoms with van der Waals surface area (Å²) in [5.41, 5.74) is 0. The van der Waals surface area contributed by atoms with Crippen LogP contribution in [0.5, 0.6) is 0 Å². The molecular formula is C5H8O4. The molecule has 0 bridgehead atoms. The molecule has 1 aliphatic rings. The number of aliphatic hydroxyl groups excluding tert-OH is 2. The molecule has 0 aromatic carbocycles. The summed E-state index contributed by atoms with van der Waals surface area (Å²) >= 11 is 0. The molecule has 2 N–H and O–H groups in total. The summed E-state index contributed by atoms with van der Waals surface area (Å²) in [7, 11) is 0. The molecule has 0 aromatic rings. The Hall–Kier alpha value is -0.610. The number of carbonyl (C=O) groups excluding carboxylic acids is 1. The van der Waals surface area contributed by atoms with E-state index in [9.17, 15) is 4.79 Å². The second kappa shape index (κ2) is 1.97. The highest BCUT2D eigenvalue weighted by atomic mass is 16.6. The number of rotatable bonds is 0. The van der Waals surface area contributed by atoms with E-state index < -0.39 is 24.3 Å². The largest absolute Gasteiger partial charge is 0.458 e. The van der Waals surface area contributed by atoms with Crippen LogP contribution in [0.25, 0.3) is 0 Å². The quantitative estimate of drug-likeness (QED) is 0.400. The van der Waals surface area contributed by atoms with Gasteiger partial charge in [-0.25, -0.2) is 4.79 Å². The van der Waals surface area contributed by atoms with Gasteiger partial charge in [0.25, 0.3) is 0 Å². The molecule has 2 unspecified atom stereocenters. The molecule has 0 spiro atoms. The van der Waals surface area contributed by atoms with Gasteiger partial charge in [0.1, 0.15) is 12.2 Å². The smallest absolute Gasteiger partial charge is 0.338 e.